The third-order valence-electron chi connectivity index (χ3n) is 2.15. The molecule has 0 amide bonds. The Balaban J connectivity index is 2.18. The van der Waals surface area contributed by atoms with Crippen LogP contribution < -0.4 is 5.32 Å². The zero-order valence-electron chi connectivity index (χ0n) is 8.67. The maximum Gasteiger partial charge on any atom is 0.415 e. The first kappa shape index (κ1) is 13.0. The molecule has 0 aliphatic heterocycles. The van der Waals surface area contributed by atoms with Crippen LogP contribution in [0.4, 0.5) is 13.2 Å². The van der Waals surface area contributed by atoms with Crippen molar-refractivity contribution < 1.29 is 18.3 Å². The molecule has 0 heterocycles. The smallest absolute Gasteiger partial charge is 0.382 e. The fourth-order valence-electron chi connectivity index (χ4n) is 1.23. The van der Waals surface area contributed by atoms with E-state index in [2.05, 4.69) is 5.32 Å². The van der Waals surface area contributed by atoms with Crippen molar-refractivity contribution in [2.24, 2.45) is 0 Å². The largest absolute Gasteiger partial charge is 0.415 e. The fraction of sp³-hybridized carbons (Fsp3) is 0.455. The minimum absolute atomic E-state index is 0.414. The van der Waals surface area contributed by atoms with Crippen LogP contribution >= 0.6 is 0 Å². The van der Waals surface area contributed by atoms with Gasteiger partial charge in [-0.25, -0.2) is 0 Å². The summed E-state index contributed by atoms with van der Waals surface area (Å²) in [6.45, 7) is -0.0481. The molecule has 1 atom stereocenters. The van der Waals surface area contributed by atoms with E-state index in [1.165, 1.54) is 0 Å². The van der Waals surface area contributed by atoms with Crippen molar-refractivity contribution in [3.05, 3.63) is 35.9 Å². The van der Waals surface area contributed by atoms with Crippen LogP contribution in [0.15, 0.2) is 30.3 Å². The Morgan fingerprint density at radius 3 is 2.38 bits per heavy atom. The molecule has 0 aliphatic rings. The van der Waals surface area contributed by atoms with Crippen LogP contribution in [0.3, 0.4) is 0 Å². The average Bonchev–Trinajstić information content (AvgIpc) is 2.24. The van der Waals surface area contributed by atoms with Crippen LogP contribution in [0.2, 0.25) is 0 Å². The van der Waals surface area contributed by atoms with Crippen molar-refractivity contribution >= 4 is 0 Å². The molecule has 0 aromatic heterocycles. The lowest BCUT2D eigenvalue weighted by atomic mass is 10.1. The van der Waals surface area contributed by atoms with Gasteiger partial charge < -0.3 is 10.4 Å². The minimum atomic E-state index is -4.54. The third-order valence-corrected chi connectivity index (χ3v) is 2.15. The van der Waals surface area contributed by atoms with E-state index >= 15 is 0 Å². The van der Waals surface area contributed by atoms with Gasteiger partial charge in [0.15, 0.2) is 6.10 Å². The number of benzene rings is 1. The maximum atomic E-state index is 11.9. The van der Waals surface area contributed by atoms with Gasteiger partial charge in [-0.2, -0.15) is 13.2 Å². The van der Waals surface area contributed by atoms with Crippen LogP contribution in [0.25, 0.3) is 0 Å². The molecule has 1 rings (SSSR count). The van der Waals surface area contributed by atoms with E-state index in [0.717, 1.165) is 5.56 Å². The van der Waals surface area contributed by atoms with Gasteiger partial charge in [0, 0.05) is 6.54 Å². The second-order valence-electron chi connectivity index (χ2n) is 3.50. The van der Waals surface area contributed by atoms with Gasteiger partial charge in [-0.1, -0.05) is 30.3 Å². The van der Waals surface area contributed by atoms with Crippen LogP contribution in [0.5, 0.6) is 0 Å². The number of rotatable bonds is 5. The molecule has 1 aromatic carbocycles. The Hall–Kier alpha value is -1.07. The van der Waals surface area contributed by atoms with E-state index in [-0.39, 0.29) is 0 Å². The normalized spacial score (nSPS) is 13.8. The molecular formula is C11H14F3NO. The van der Waals surface area contributed by atoms with E-state index in [4.69, 9.17) is 5.11 Å². The van der Waals surface area contributed by atoms with Gasteiger partial charge in [-0.3, -0.25) is 0 Å². The molecule has 16 heavy (non-hydrogen) atoms. The molecule has 90 valence electrons. The molecule has 0 aliphatic carbocycles. The highest BCUT2D eigenvalue weighted by atomic mass is 19.4. The molecule has 0 spiro atoms. The predicted octanol–water partition coefficient (Wildman–Crippen LogP) is 1.74. The van der Waals surface area contributed by atoms with Gasteiger partial charge in [0.2, 0.25) is 0 Å². The Morgan fingerprint density at radius 1 is 1.19 bits per heavy atom. The van der Waals surface area contributed by atoms with Gasteiger partial charge in [0.25, 0.3) is 0 Å². The lowest BCUT2D eigenvalue weighted by molar-refractivity contribution is -0.201. The van der Waals surface area contributed by atoms with Gasteiger partial charge in [0.05, 0.1) is 0 Å². The zero-order chi connectivity index (χ0) is 12.0. The molecule has 0 unspecified atom stereocenters. The fourth-order valence-corrected chi connectivity index (χ4v) is 1.23. The lowest BCUT2D eigenvalue weighted by Crippen LogP contribution is -2.38. The highest BCUT2D eigenvalue weighted by molar-refractivity contribution is 5.14. The van der Waals surface area contributed by atoms with Crippen molar-refractivity contribution in [2.45, 2.75) is 18.7 Å². The van der Waals surface area contributed by atoms with Gasteiger partial charge >= 0.3 is 6.18 Å². The van der Waals surface area contributed by atoms with Gasteiger partial charge in [0.1, 0.15) is 0 Å². The molecule has 0 radical (unpaired) electrons. The van der Waals surface area contributed by atoms with Crippen molar-refractivity contribution in [1.29, 1.82) is 0 Å². The molecule has 0 bridgehead atoms. The number of aliphatic hydroxyl groups excluding tert-OH is 1. The summed E-state index contributed by atoms with van der Waals surface area (Å²) >= 11 is 0. The lowest BCUT2D eigenvalue weighted by Gasteiger charge is -2.14. The minimum Gasteiger partial charge on any atom is -0.382 e. The third kappa shape index (κ3) is 4.63. The summed E-state index contributed by atoms with van der Waals surface area (Å²) in [5, 5.41) is 11.3. The summed E-state index contributed by atoms with van der Waals surface area (Å²) in [5.41, 5.74) is 1.05. The molecule has 2 N–H and O–H groups in total. The van der Waals surface area contributed by atoms with Crippen molar-refractivity contribution in [3.8, 4) is 0 Å². The predicted molar refractivity (Wildman–Crippen MR) is 55.1 cm³/mol. The molecule has 1 aromatic rings. The van der Waals surface area contributed by atoms with Crippen LogP contribution in [0, 0.1) is 0 Å². The molecule has 0 saturated carbocycles. The summed E-state index contributed by atoms with van der Waals surface area (Å²) in [5.74, 6) is 0. The second-order valence-corrected chi connectivity index (χ2v) is 3.50. The number of halogens is 3. The monoisotopic (exact) mass is 233 g/mol. The Kier molecular flexibility index (Phi) is 4.76. The van der Waals surface area contributed by atoms with Crippen molar-refractivity contribution in [1.82, 2.24) is 5.32 Å². The average molecular weight is 233 g/mol. The topological polar surface area (TPSA) is 32.3 Å². The SMILES string of the molecule is O[C@H](CNCCc1ccccc1)C(F)(F)F. The molecule has 0 fully saturated rings. The van der Waals surface area contributed by atoms with E-state index in [0.29, 0.717) is 13.0 Å². The van der Waals surface area contributed by atoms with E-state index in [1.807, 2.05) is 30.3 Å². The quantitative estimate of drug-likeness (QED) is 0.759. The maximum absolute atomic E-state index is 11.9. The van der Waals surface area contributed by atoms with E-state index < -0.39 is 18.8 Å². The standard InChI is InChI=1S/C11H14F3NO/c12-11(13,14)10(16)8-15-7-6-9-4-2-1-3-5-9/h1-5,10,15-16H,6-8H2/t10-/m1/s1. The highest BCUT2D eigenvalue weighted by Crippen LogP contribution is 2.19. The first-order chi connectivity index (χ1) is 7.50. The first-order valence-electron chi connectivity index (χ1n) is 4.99. The number of hydrogen-bond acceptors (Lipinski definition) is 2. The van der Waals surface area contributed by atoms with Gasteiger partial charge in [-0.05, 0) is 18.5 Å². The number of aliphatic hydroxyl groups is 1. The molecule has 2 nitrogen and oxygen atoms in total. The highest BCUT2D eigenvalue weighted by Gasteiger charge is 2.37. The summed E-state index contributed by atoms with van der Waals surface area (Å²) in [6.07, 6.45) is -6.19. The first-order valence-corrected chi connectivity index (χ1v) is 4.99. The molecule has 0 saturated heterocycles. The molecular weight excluding hydrogens is 219 g/mol. The summed E-state index contributed by atoms with van der Waals surface area (Å²) < 4.78 is 35.7. The number of nitrogens with one attached hydrogen (secondary N) is 1. The Labute approximate surface area is 92.1 Å². The molecule has 5 heteroatoms. The number of alkyl halides is 3. The zero-order valence-corrected chi connectivity index (χ0v) is 8.67. The van der Waals surface area contributed by atoms with Crippen molar-refractivity contribution in [2.75, 3.05) is 13.1 Å². The van der Waals surface area contributed by atoms with Gasteiger partial charge in [-0.15, -0.1) is 0 Å². The van der Waals surface area contributed by atoms with Crippen LogP contribution in [-0.2, 0) is 6.42 Å². The Bertz CT molecular complexity index is 300. The van der Waals surface area contributed by atoms with Crippen LogP contribution in [-0.4, -0.2) is 30.5 Å². The van der Waals surface area contributed by atoms with E-state index in [1.54, 1.807) is 0 Å². The summed E-state index contributed by atoms with van der Waals surface area (Å²) in [6, 6.07) is 9.44. The number of hydrogen-bond donors (Lipinski definition) is 2. The van der Waals surface area contributed by atoms with E-state index in [9.17, 15) is 13.2 Å². The summed E-state index contributed by atoms with van der Waals surface area (Å²) in [7, 11) is 0. The van der Waals surface area contributed by atoms with Crippen molar-refractivity contribution in [3.63, 3.8) is 0 Å². The summed E-state index contributed by atoms with van der Waals surface area (Å²) in [4.78, 5) is 0. The second kappa shape index (κ2) is 5.86. The Morgan fingerprint density at radius 2 is 1.81 bits per heavy atom. The van der Waals surface area contributed by atoms with Crippen LogP contribution in [0.1, 0.15) is 5.56 Å².